The zero-order valence-corrected chi connectivity index (χ0v) is 8.58. The van der Waals surface area contributed by atoms with Crippen LogP contribution in [-0.2, 0) is 9.53 Å². The Morgan fingerprint density at radius 2 is 2.25 bits per heavy atom. The zero-order chi connectivity index (χ0) is 9.40. The van der Waals surface area contributed by atoms with Crippen LogP contribution in [0.4, 0.5) is 0 Å². The number of thioether (sulfide) groups is 1. The van der Waals surface area contributed by atoms with E-state index in [0.717, 1.165) is 5.75 Å². The largest absolute Gasteiger partial charge is 0.451 e. The van der Waals surface area contributed by atoms with Crippen LogP contribution >= 0.6 is 11.8 Å². The molecule has 0 radical (unpaired) electrons. The van der Waals surface area contributed by atoms with Crippen LogP contribution in [0.25, 0.3) is 0 Å². The van der Waals surface area contributed by atoms with E-state index in [1.165, 1.54) is 12.8 Å². The predicted octanol–water partition coefficient (Wildman–Crippen LogP) is 2.60. The van der Waals surface area contributed by atoms with Crippen molar-refractivity contribution in [1.29, 1.82) is 0 Å². The highest BCUT2D eigenvalue weighted by molar-refractivity contribution is 7.99. The molecular weight excluding hydrogens is 172 g/mol. The summed E-state index contributed by atoms with van der Waals surface area (Å²) in [6, 6.07) is 0. The second-order valence-corrected chi connectivity index (χ2v) is 3.64. The van der Waals surface area contributed by atoms with Crippen LogP contribution in [0.15, 0.2) is 12.2 Å². The molecule has 70 valence electrons. The van der Waals surface area contributed by atoms with Gasteiger partial charge in [0.2, 0.25) is 0 Å². The van der Waals surface area contributed by atoms with E-state index in [-0.39, 0.29) is 5.97 Å². The smallest absolute Gasteiger partial charge is 0.333 e. The third kappa shape index (κ3) is 6.28. The third-order valence-corrected chi connectivity index (χ3v) is 2.13. The van der Waals surface area contributed by atoms with Gasteiger partial charge in [0.25, 0.3) is 0 Å². The third-order valence-electron chi connectivity index (χ3n) is 1.26. The number of carbonyl (C=O) groups is 1. The molecule has 0 atom stereocenters. The Bertz CT molecular complexity index is 155. The molecule has 0 fully saturated rings. The summed E-state index contributed by atoms with van der Waals surface area (Å²) in [6.45, 7) is 7.28. The van der Waals surface area contributed by atoms with E-state index < -0.39 is 0 Å². The van der Waals surface area contributed by atoms with E-state index in [1.54, 1.807) is 18.7 Å². The van der Waals surface area contributed by atoms with Crippen molar-refractivity contribution in [3.63, 3.8) is 0 Å². The van der Waals surface area contributed by atoms with Gasteiger partial charge in [0.15, 0.2) is 0 Å². The Morgan fingerprint density at radius 3 is 2.75 bits per heavy atom. The molecule has 3 heteroatoms. The van der Waals surface area contributed by atoms with Gasteiger partial charge in [0.05, 0.1) is 0 Å². The fourth-order valence-electron chi connectivity index (χ4n) is 0.524. The fourth-order valence-corrected chi connectivity index (χ4v) is 1.32. The Balaban J connectivity index is 3.20. The molecule has 12 heavy (non-hydrogen) atoms. The van der Waals surface area contributed by atoms with Gasteiger partial charge in [-0.05, 0) is 19.1 Å². The lowest BCUT2D eigenvalue weighted by Crippen LogP contribution is -2.04. The Labute approximate surface area is 78.4 Å². The Kier molecular flexibility index (Phi) is 6.96. The Morgan fingerprint density at radius 1 is 1.58 bits per heavy atom. The maximum atomic E-state index is 10.8. The van der Waals surface area contributed by atoms with E-state index in [2.05, 4.69) is 13.5 Å². The molecule has 0 aromatic heterocycles. The van der Waals surface area contributed by atoms with Crippen LogP contribution in [0.2, 0.25) is 0 Å². The van der Waals surface area contributed by atoms with Crippen molar-refractivity contribution < 1.29 is 9.53 Å². The van der Waals surface area contributed by atoms with Crippen molar-refractivity contribution >= 4 is 17.7 Å². The summed E-state index contributed by atoms with van der Waals surface area (Å²) in [5.74, 6) is 1.21. The fraction of sp³-hybridized carbons (Fsp3) is 0.667. The summed E-state index contributed by atoms with van der Waals surface area (Å²) in [7, 11) is 0. The number of unbranched alkanes of at least 4 members (excludes halogenated alkanes) is 1. The van der Waals surface area contributed by atoms with Gasteiger partial charge in [-0.15, -0.1) is 11.8 Å². The van der Waals surface area contributed by atoms with Crippen LogP contribution in [0.5, 0.6) is 0 Å². The molecule has 0 aliphatic carbocycles. The number of hydrogen-bond acceptors (Lipinski definition) is 3. The second-order valence-electron chi connectivity index (χ2n) is 2.59. The van der Waals surface area contributed by atoms with Crippen molar-refractivity contribution in [3.8, 4) is 0 Å². The molecule has 0 saturated carbocycles. The van der Waals surface area contributed by atoms with Gasteiger partial charge in [-0.1, -0.05) is 19.9 Å². The van der Waals surface area contributed by atoms with Crippen LogP contribution in [-0.4, -0.2) is 17.7 Å². The molecule has 0 unspecified atom stereocenters. The SMILES string of the molecule is C=C(C)C(=O)OCSCCCC. The first-order valence-corrected chi connectivity index (χ1v) is 5.24. The summed E-state index contributed by atoms with van der Waals surface area (Å²) in [5.41, 5.74) is 0.464. The second kappa shape index (κ2) is 7.22. The van der Waals surface area contributed by atoms with Gasteiger partial charge >= 0.3 is 5.97 Å². The van der Waals surface area contributed by atoms with E-state index in [9.17, 15) is 4.79 Å². The maximum Gasteiger partial charge on any atom is 0.333 e. The van der Waals surface area contributed by atoms with Crippen LogP contribution in [0, 0.1) is 0 Å². The van der Waals surface area contributed by atoms with Crippen molar-refractivity contribution in [2.24, 2.45) is 0 Å². The van der Waals surface area contributed by atoms with Gasteiger partial charge in [-0.25, -0.2) is 4.79 Å². The quantitative estimate of drug-likeness (QED) is 0.277. The minimum Gasteiger partial charge on any atom is -0.451 e. The molecule has 0 saturated heterocycles. The molecule has 0 aliphatic heterocycles. The van der Waals surface area contributed by atoms with Crippen LogP contribution in [0.1, 0.15) is 26.7 Å². The molecule has 0 amide bonds. The summed E-state index contributed by atoms with van der Waals surface area (Å²) >= 11 is 1.64. The lowest BCUT2D eigenvalue weighted by Gasteiger charge is -2.02. The first kappa shape index (κ1) is 11.6. The summed E-state index contributed by atoms with van der Waals surface area (Å²) in [4.78, 5) is 10.8. The van der Waals surface area contributed by atoms with E-state index >= 15 is 0 Å². The molecule has 2 nitrogen and oxygen atoms in total. The molecule has 0 aromatic carbocycles. The number of carbonyl (C=O) groups excluding carboxylic acids is 1. The monoisotopic (exact) mass is 188 g/mol. The number of rotatable bonds is 6. The van der Waals surface area contributed by atoms with Crippen LogP contribution < -0.4 is 0 Å². The van der Waals surface area contributed by atoms with Gasteiger partial charge in [-0.2, -0.15) is 0 Å². The molecule has 0 aromatic rings. The summed E-state index contributed by atoms with van der Waals surface area (Å²) in [6.07, 6.45) is 2.36. The number of ether oxygens (including phenoxy) is 1. The van der Waals surface area contributed by atoms with Gasteiger partial charge in [0.1, 0.15) is 5.94 Å². The highest BCUT2D eigenvalue weighted by atomic mass is 32.2. The standard InChI is InChI=1S/C9H16O2S/c1-4-5-6-12-7-11-9(10)8(2)3/h2,4-7H2,1,3H3. The average molecular weight is 188 g/mol. The average Bonchev–Trinajstić information content (AvgIpc) is 2.03. The number of esters is 1. The van der Waals surface area contributed by atoms with E-state index in [0.29, 0.717) is 11.5 Å². The van der Waals surface area contributed by atoms with Crippen molar-refractivity contribution in [1.82, 2.24) is 0 Å². The summed E-state index contributed by atoms with van der Waals surface area (Å²) in [5, 5.41) is 0. The highest BCUT2D eigenvalue weighted by Crippen LogP contribution is 2.05. The topological polar surface area (TPSA) is 26.3 Å². The van der Waals surface area contributed by atoms with Crippen molar-refractivity contribution in [2.75, 3.05) is 11.7 Å². The maximum absolute atomic E-state index is 10.8. The minimum absolute atomic E-state index is 0.293. The van der Waals surface area contributed by atoms with Crippen LogP contribution in [0.3, 0.4) is 0 Å². The molecule has 0 rings (SSSR count). The van der Waals surface area contributed by atoms with E-state index in [1.807, 2.05) is 0 Å². The van der Waals surface area contributed by atoms with Crippen molar-refractivity contribution in [3.05, 3.63) is 12.2 Å². The molecule has 0 N–H and O–H groups in total. The molecule has 0 aliphatic rings. The normalized spacial score (nSPS) is 9.50. The molecular formula is C9H16O2S. The van der Waals surface area contributed by atoms with Crippen molar-refractivity contribution in [2.45, 2.75) is 26.7 Å². The molecule has 0 bridgehead atoms. The van der Waals surface area contributed by atoms with Gasteiger partial charge < -0.3 is 4.74 Å². The first-order chi connectivity index (χ1) is 5.68. The van der Waals surface area contributed by atoms with Gasteiger partial charge in [0, 0.05) is 5.57 Å². The number of hydrogen-bond donors (Lipinski definition) is 0. The van der Waals surface area contributed by atoms with E-state index in [4.69, 9.17) is 4.74 Å². The Hall–Kier alpha value is -0.440. The molecule has 0 heterocycles. The first-order valence-electron chi connectivity index (χ1n) is 4.08. The molecule has 0 spiro atoms. The van der Waals surface area contributed by atoms with Gasteiger partial charge in [-0.3, -0.25) is 0 Å². The zero-order valence-electron chi connectivity index (χ0n) is 7.76. The lowest BCUT2D eigenvalue weighted by atomic mass is 10.4. The predicted molar refractivity (Wildman–Crippen MR) is 53.1 cm³/mol. The minimum atomic E-state index is -0.293. The highest BCUT2D eigenvalue weighted by Gasteiger charge is 2.01. The summed E-state index contributed by atoms with van der Waals surface area (Å²) < 4.78 is 4.87. The lowest BCUT2D eigenvalue weighted by molar-refractivity contribution is -0.136.